The highest BCUT2D eigenvalue weighted by Crippen LogP contribution is 2.26. The number of carbonyl (C=O) groups excluding carboxylic acids is 1. The minimum absolute atomic E-state index is 0.0324. The summed E-state index contributed by atoms with van der Waals surface area (Å²) in [5, 5.41) is 10.3. The quantitative estimate of drug-likeness (QED) is 0.803. The monoisotopic (exact) mass is 333 g/mol. The Morgan fingerprint density at radius 3 is 2.92 bits per heavy atom. The molecule has 1 aliphatic carbocycles. The molecular weight excluding hydrogens is 302 g/mol. The van der Waals surface area contributed by atoms with Crippen LogP contribution in [0.2, 0.25) is 0 Å². The molecule has 2 atom stereocenters. The van der Waals surface area contributed by atoms with Crippen molar-refractivity contribution in [1.29, 1.82) is 0 Å². The van der Waals surface area contributed by atoms with Gasteiger partial charge in [-0.3, -0.25) is 4.68 Å². The lowest BCUT2D eigenvalue weighted by molar-refractivity contribution is 0.232. The van der Waals surface area contributed by atoms with Crippen molar-refractivity contribution in [2.24, 2.45) is 11.8 Å². The molecule has 6 nitrogen and oxygen atoms in total. The maximum Gasteiger partial charge on any atom is 0.315 e. The highest BCUT2D eigenvalue weighted by molar-refractivity contribution is 5.74. The second-order valence-corrected chi connectivity index (χ2v) is 7.58. The van der Waals surface area contributed by atoms with Crippen LogP contribution in [0.25, 0.3) is 0 Å². The Bertz CT molecular complexity index is 498. The van der Waals surface area contributed by atoms with Crippen LogP contribution in [-0.4, -0.2) is 52.9 Å². The summed E-state index contributed by atoms with van der Waals surface area (Å²) in [5.41, 5.74) is 0. The average Bonchev–Trinajstić information content (AvgIpc) is 3.29. The largest absolute Gasteiger partial charge is 0.338 e. The molecule has 24 heavy (non-hydrogen) atoms. The smallest absolute Gasteiger partial charge is 0.315 e. The lowest BCUT2D eigenvalue weighted by Gasteiger charge is -2.20. The maximum atomic E-state index is 12.1. The van der Waals surface area contributed by atoms with Gasteiger partial charge in [-0.15, -0.1) is 0 Å². The third-order valence-corrected chi connectivity index (χ3v) is 5.27. The van der Waals surface area contributed by atoms with Gasteiger partial charge in [0.2, 0.25) is 0 Å². The molecule has 0 unspecified atom stereocenters. The molecule has 0 spiro atoms. The predicted octanol–water partition coefficient (Wildman–Crippen LogP) is 2.08. The second-order valence-electron chi connectivity index (χ2n) is 7.58. The van der Waals surface area contributed by atoms with E-state index in [1.807, 2.05) is 16.9 Å². The zero-order valence-corrected chi connectivity index (χ0v) is 14.8. The van der Waals surface area contributed by atoms with Gasteiger partial charge in [0.25, 0.3) is 0 Å². The van der Waals surface area contributed by atoms with Crippen LogP contribution in [0.15, 0.2) is 18.5 Å². The van der Waals surface area contributed by atoms with Crippen LogP contribution in [0, 0.1) is 11.8 Å². The number of urea groups is 1. The van der Waals surface area contributed by atoms with Crippen molar-refractivity contribution in [2.75, 3.05) is 26.2 Å². The minimum atomic E-state index is -0.0324. The van der Waals surface area contributed by atoms with E-state index in [4.69, 9.17) is 0 Å². The summed E-state index contributed by atoms with van der Waals surface area (Å²) in [4.78, 5) is 14.6. The summed E-state index contributed by atoms with van der Waals surface area (Å²) in [7, 11) is 0. The zero-order valence-electron chi connectivity index (χ0n) is 14.8. The van der Waals surface area contributed by atoms with Crippen molar-refractivity contribution in [2.45, 2.75) is 51.6 Å². The maximum absolute atomic E-state index is 12.1. The van der Waals surface area contributed by atoms with Crippen molar-refractivity contribution in [3.63, 3.8) is 0 Å². The molecule has 2 heterocycles. The molecule has 0 aromatic carbocycles. The molecule has 2 fully saturated rings. The summed E-state index contributed by atoms with van der Waals surface area (Å²) in [6.07, 6.45) is 10.4. The van der Waals surface area contributed by atoms with E-state index in [1.54, 1.807) is 6.20 Å². The first kappa shape index (κ1) is 17.3. The van der Waals surface area contributed by atoms with Gasteiger partial charge in [-0.05, 0) is 37.2 Å². The Balaban J connectivity index is 1.30. The number of nitrogens with zero attached hydrogens (tertiary/aromatic N) is 3. The van der Waals surface area contributed by atoms with Gasteiger partial charge in [0.15, 0.2) is 0 Å². The summed E-state index contributed by atoms with van der Waals surface area (Å²) < 4.78 is 1.90. The summed E-state index contributed by atoms with van der Waals surface area (Å²) in [6.45, 7) is 6.97. The van der Waals surface area contributed by atoms with Gasteiger partial charge in [0.05, 0.1) is 0 Å². The van der Waals surface area contributed by atoms with Gasteiger partial charge < -0.3 is 15.5 Å². The van der Waals surface area contributed by atoms with E-state index in [0.717, 1.165) is 32.0 Å². The molecule has 1 saturated carbocycles. The van der Waals surface area contributed by atoms with Crippen LogP contribution in [-0.2, 0) is 6.54 Å². The Kier molecular flexibility index (Phi) is 6.12. The van der Waals surface area contributed by atoms with Gasteiger partial charge in [-0.25, -0.2) is 4.79 Å². The van der Waals surface area contributed by atoms with Crippen LogP contribution in [0.5, 0.6) is 0 Å². The Morgan fingerprint density at radius 1 is 1.33 bits per heavy atom. The summed E-state index contributed by atoms with van der Waals surface area (Å²) >= 11 is 0. The van der Waals surface area contributed by atoms with Crippen LogP contribution in [0.3, 0.4) is 0 Å². The molecule has 3 rings (SSSR count). The first-order valence-electron chi connectivity index (χ1n) is 9.43. The number of nitrogens with one attached hydrogen (secondary N) is 2. The van der Waals surface area contributed by atoms with Crippen molar-refractivity contribution in [3.05, 3.63) is 18.5 Å². The van der Waals surface area contributed by atoms with E-state index >= 15 is 0 Å². The van der Waals surface area contributed by atoms with Gasteiger partial charge in [-0.1, -0.05) is 19.8 Å². The van der Waals surface area contributed by atoms with E-state index in [-0.39, 0.29) is 6.03 Å². The number of carbonyl (C=O) groups is 1. The molecule has 0 bridgehead atoms. The van der Waals surface area contributed by atoms with Crippen LogP contribution >= 0.6 is 0 Å². The fourth-order valence-electron chi connectivity index (χ4n) is 3.97. The molecule has 2 amide bonds. The molecule has 1 aromatic rings. The fourth-order valence-corrected chi connectivity index (χ4v) is 3.97. The molecule has 2 N–H and O–H groups in total. The van der Waals surface area contributed by atoms with E-state index in [9.17, 15) is 4.79 Å². The molecule has 6 heteroatoms. The lowest BCUT2D eigenvalue weighted by atomic mass is 10.1. The summed E-state index contributed by atoms with van der Waals surface area (Å²) in [5.74, 6) is 1.25. The average molecular weight is 333 g/mol. The summed E-state index contributed by atoms with van der Waals surface area (Å²) in [6, 6.07) is 2.19. The highest BCUT2D eigenvalue weighted by atomic mass is 16.2. The standard InChI is InChI=1S/C18H31N5O/c1-15(12-23-9-4-8-20-23)11-19-18(24)21-17-7-10-22(14-17)13-16-5-2-3-6-16/h4,8-9,15-17H,2-3,5-7,10-14H2,1H3,(H2,19,21,24)/t15-,17+/m1/s1. The third kappa shape index (κ3) is 5.23. The van der Waals surface area contributed by atoms with E-state index in [0.29, 0.717) is 18.5 Å². The molecule has 0 radical (unpaired) electrons. The van der Waals surface area contributed by atoms with E-state index in [2.05, 4.69) is 27.6 Å². The SMILES string of the molecule is C[C@H](CNC(=O)N[C@H]1CCN(CC2CCCC2)C1)Cn1cccn1. The van der Waals surface area contributed by atoms with Gasteiger partial charge in [-0.2, -0.15) is 5.10 Å². The number of rotatable bonds is 7. The van der Waals surface area contributed by atoms with Crippen molar-refractivity contribution >= 4 is 6.03 Å². The van der Waals surface area contributed by atoms with Crippen LogP contribution < -0.4 is 10.6 Å². The first-order chi connectivity index (χ1) is 11.7. The zero-order chi connectivity index (χ0) is 16.8. The van der Waals surface area contributed by atoms with Gasteiger partial charge in [0, 0.05) is 51.2 Å². The molecule has 2 aliphatic rings. The van der Waals surface area contributed by atoms with Crippen molar-refractivity contribution < 1.29 is 4.79 Å². The molecule has 1 aliphatic heterocycles. The normalized spacial score (nSPS) is 23.5. The van der Waals surface area contributed by atoms with Gasteiger partial charge >= 0.3 is 6.03 Å². The van der Waals surface area contributed by atoms with Crippen LogP contribution in [0.1, 0.15) is 39.0 Å². The first-order valence-corrected chi connectivity index (χ1v) is 9.43. The lowest BCUT2D eigenvalue weighted by Crippen LogP contribution is -2.45. The highest BCUT2D eigenvalue weighted by Gasteiger charge is 2.26. The van der Waals surface area contributed by atoms with E-state index < -0.39 is 0 Å². The van der Waals surface area contributed by atoms with Crippen LogP contribution in [0.4, 0.5) is 4.79 Å². The number of aromatic nitrogens is 2. The molecule has 1 aromatic heterocycles. The Labute approximate surface area is 145 Å². The molecule has 1 saturated heterocycles. The number of likely N-dealkylation sites (tertiary alicyclic amines) is 1. The second kappa shape index (κ2) is 8.51. The predicted molar refractivity (Wildman–Crippen MR) is 94.7 cm³/mol. The fraction of sp³-hybridized carbons (Fsp3) is 0.778. The number of hydrogen-bond donors (Lipinski definition) is 2. The van der Waals surface area contributed by atoms with Crippen molar-refractivity contribution in [1.82, 2.24) is 25.3 Å². The Morgan fingerprint density at radius 2 is 2.17 bits per heavy atom. The number of hydrogen-bond acceptors (Lipinski definition) is 3. The molecular formula is C18H31N5O. The minimum Gasteiger partial charge on any atom is -0.338 e. The topological polar surface area (TPSA) is 62.2 Å². The van der Waals surface area contributed by atoms with Crippen molar-refractivity contribution in [3.8, 4) is 0 Å². The van der Waals surface area contributed by atoms with E-state index in [1.165, 1.54) is 32.2 Å². The Hall–Kier alpha value is -1.56. The number of amides is 2. The molecule has 134 valence electrons. The van der Waals surface area contributed by atoms with Gasteiger partial charge in [0.1, 0.15) is 0 Å². The third-order valence-electron chi connectivity index (χ3n) is 5.27.